The smallest absolute Gasteiger partial charge is 0.282 e. The van der Waals surface area contributed by atoms with Gasteiger partial charge in [-0.25, -0.2) is 0 Å². The summed E-state index contributed by atoms with van der Waals surface area (Å²) in [6, 6.07) is 4.20. The molecule has 0 bridgehead atoms. The Kier molecular flexibility index (Phi) is 5.31. The van der Waals surface area contributed by atoms with Gasteiger partial charge in [0.25, 0.3) is 10.2 Å². The molecule has 128 valence electrons. The Bertz CT molecular complexity index is 629. The van der Waals surface area contributed by atoms with Crippen molar-refractivity contribution in [1.82, 2.24) is 13.6 Å². The first-order chi connectivity index (χ1) is 11.1. The van der Waals surface area contributed by atoms with Crippen molar-refractivity contribution < 1.29 is 13.2 Å². The summed E-state index contributed by atoms with van der Waals surface area (Å²) in [4.78, 5) is 4.21. The monoisotopic (exact) mass is 339 g/mol. The topological polar surface area (TPSA) is 62.7 Å². The van der Waals surface area contributed by atoms with Crippen LogP contribution in [0.5, 0.6) is 0 Å². The summed E-state index contributed by atoms with van der Waals surface area (Å²) in [6.07, 6.45) is 5.48. The van der Waals surface area contributed by atoms with E-state index in [1.165, 1.54) is 5.56 Å². The largest absolute Gasteiger partial charge is 0.379 e. The van der Waals surface area contributed by atoms with Crippen LogP contribution in [0.15, 0.2) is 18.3 Å². The summed E-state index contributed by atoms with van der Waals surface area (Å²) >= 11 is 0. The van der Waals surface area contributed by atoms with Crippen LogP contribution in [-0.2, 0) is 21.4 Å². The maximum Gasteiger partial charge on any atom is 0.282 e. The maximum absolute atomic E-state index is 12.9. The van der Waals surface area contributed by atoms with Crippen LogP contribution < -0.4 is 0 Å². The van der Waals surface area contributed by atoms with E-state index in [0.29, 0.717) is 32.8 Å². The van der Waals surface area contributed by atoms with Gasteiger partial charge in [-0.1, -0.05) is 0 Å². The molecule has 0 spiro atoms. The number of hydrogen-bond donors (Lipinski definition) is 0. The first kappa shape index (κ1) is 16.8. The summed E-state index contributed by atoms with van der Waals surface area (Å²) in [5.41, 5.74) is 2.24. The second kappa shape index (κ2) is 7.25. The van der Waals surface area contributed by atoms with Gasteiger partial charge in [-0.05, 0) is 50.3 Å². The van der Waals surface area contributed by atoms with Gasteiger partial charge in [0, 0.05) is 37.6 Å². The van der Waals surface area contributed by atoms with Crippen molar-refractivity contribution in [2.24, 2.45) is 0 Å². The number of aromatic nitrogens is 1. The molecule has 0 unspecified atom stereocenters. The number of nitrogens with zero attached hydrogens (tertiary/aromatic N) is 3. The third kappa shape index (κ3) is 3.91. The van der Waals surface area contributed by atoms with Crippen molar-refractivity contribution in [3.05, 3.63) is 29.6 Å². The van der Waals surface area contributed by atoms with Crippen molar-refractivity contribution in [1.29, 1.82) is 0 Å². The van der Waals surface area contributed by atoms with Crippen LogP contribution in [0.4, 0.5) is 0 Å². The second-order valence-electron chi connectivity index (χ2n) is 6.27. The summed E-state index contributed by atoms with van der Waals surface area (Å²) < 4.78 is 34.3. The fourth-order valence-corrected chi connectivity index (χ4v) is 5.27. The highest BCUT2D eigenvalue weighted by atomic mass is 32.2. The Morgan fingerprint density at radius 2 is 2.09 bits per heavy atom. The number of morpholine rings is 1. The van der Waals surface area contributed by atoms with Gasteiger partial charge >= 0.3 is 0 Å². The van der Waals surface area contributed by atoms with Gasteiger partial charge < -0.3 is 4.74 Å². The normalized spacial score (nSPS) is 24.1. The van der Waals surface area contributed by atoms with Crippen LogP contribution in [-0.4, -0.2) is 60.9 Å². The van der Waals surface area contributed by atoms with E-state index < -0.39 is 10.2 Å². The van der Waals surface area contributed by atoms with Crippen molar-refractivity contribution in [2.75, 3.05) is 32.8 Å². The molecule has 2 aliphatic heterocycles. The zero-order valence-electron chi connectivity index (χ0n) is 13.6. The van der Waals surface area contributed by atoms with Crippen LogP contribution in [0.1, 0.15) is 30.5 Å². The first-order valence-corrected chi connectivity index (χ1v) is 9.73. The van der Waals surface area contributed by atoms with Gasteiger partial charge in [-0.15, -0.1) is 0 Å². The van der Waals surface area contributed by atoms with E-state index in [-0.39, 0.29) is 6.04 Å². The summed E-state index contributed by atoms with van der Waals surface area (Å²) in [5, 5.41) is 0. The Labute approximate surface area is 138 Å². The summed E-state index contributed by atoms with van der Waals surface area (Å²) in [7, 11) is -3.35. The molecule has 7 heteroatoms. The van der Waals surface area contributed by atoms with E-state index in [2.05, 4.69) is 11.1 Å². The Hall–Kier alpha value is -1.02. The molecule has 3 rings (SSSR count). The lowest BCUT2D eigenvalue weighted by atomic mass is 10.0. The van der Waals surface area contributed by atoms with E-state index >= 15 is 0 Å². The highest BCUT2D eigenvalue weighted by Crippen LogP contribution is 2.27. The molecule has 0 aromatic carbocycles. The van der Waals surface area contributed by atoms with Crippen molar-refractivity contribution in [3.63, 3.8) is 0 Å². The van der Waals surface area contributed by atoms with Gasteiger partial charge in [-0.3, -0.25) is 4.98 Å². The molecule has 1 aromatic rings. The number of ether oxygens (including phenoxy) is 1. The molecule has 2 saturated heterocycles. The molecule has 1 atom stereocenters. The van der Waals surface area contributed by atoms with Crippen molar-refractivity contribution in [3.8, 4) is 0 Å². The molecule has 1 aromatic heterocycles. The van der Waals surface area contributed by atoms with Gasteiger partial charge in [0.05, 0.1) is 13.2 Å². The molecular formula is C16H25N3O3S. The quantitative estimate of drug-likeness (QED) is 0.813. The third-order valence-corrected chi connectivity index (χ3v) is 6.73. The lowest BCUT2D eigenvalue weighted by Crippen LogP contribution is -2.50. The zero-order chi connectivity index (χ0) is 16.3. The minimum Gasteiger partial charge on any atom is -0.379 e. The minimum absolute atomic E-state index is 0.108. The molecule has 0 amide bonds. The molecule has 6 nitrogen and oxygen atoms in total. The van der Waals surface area contributed by atoms with E-state index in [4.69, 9.17) is 4.74 Å². The fraction of sp³-hybridized carbons (Fsp3) is 0.688. The number of hydrogen-bond acceptors (Lipinski definition) is 4. The van der Waals surface area contributed by atoms with E-state index in [0.717, 1.165) is 31.4 Å². The van der Waals surface area contributed by atoms with Crippen LogP contribution >= 0.6 is 0 Å². The third-order valence-electron chi connectivity index (χ3n) is 4.64. The highest BCUT2D eigenvalue weighted by molar-refractivity contribution is 7.86. The predicted octanol–water partition coefficient (Wildman–Crippen LogP) is 1.36. The highest BCUT2D eigenvalue weighted by Gasteiger charge is 2.38. The van der Waals surface area contributed by atoms with Gasteiger partial charge in [0.1, 0.15) is 0 Å². The Balaban J connectivity index is 1.65. The average Bonchev–Trinajstić information content (AvgIpc) is 3.03. The summed E-state index contributed by atoms with van der Waals surface area (Å²) in [5.74, 6) is 0. The Morgan fingerprint density at radius 1 is 1.30 bits per heavy atom. The molecular weight excluding hydrogens is 314 g/mol. The van der Waals surface area contributed by atoms with Crippen molar-refractivity contribution >= 4 is 10.2 Å². The van der Waals surface area contributed by atoms with Crippen LogP contribution in [0.3, 0.4) is 0 Å². The van der Waals surface area contributed by atoms with Gasteiger partial charge in [0.15, 0.2) is 0 Å². The lowest BCUT2D eigenvalue weighted by molar-refractivity contribution is 0.0698. The SMILES string of the molecule is Cc1cc(CC[C@H]2CCCN2S(=O)(=O)N2CCOCC2)ccn1. The van der Waals surface area contributed by atoms with Gasteiger partial charge in [-0.2, -0.15) is 17.0 Å². The average molecular weight is 339 g/mol. The molecule has 2 aliphatic rings. The van der Waals surface area contributed by atoms with E-state index in [1.807, 2.05) is 19.2 Å². The molecule has 0 radical (unpaired) electrons. The zero-order valence-corrected chi connectivity index (χ0v) is 14.5. The summed E-state index contributed by atoms with van der Waals surface area (Å²) in [6.45, 7) is 4.54. The van der Waals surface area contributed by atoms with Crippen LogP contribution in [0.25, 0.3) is 0 Å². The number of aryl methyl sites for hydroxylation is 2. The van der Waals surface area contributed by atoms with Crippen LogP contribution in [0, 0.1) is 6.92 Å². The molecule has 0 N–H and O–H groups in total. The molecule has 0 aliphatic carbocycles. The number of rotatable bonds is 5. The first-order valence-electron chi connectivity index (χ1n) is 8.33. The number of pyridine rings is 1. The molecule has 3 heterocycles. The molecule has 0 saturated carbocycles. The standard InChI is InChI=1S/C16H25N3O3S/c1-14-13-15(6-7-17-14)4-5-16-3-2-8-19(16)23(20,21)18-9-11-22-12-10-18/h6-7,13,16H,2-5,8-12H2,1H3/t16-/m1/s1. The van der Waals surface area contributed by atoms with Gasteiger partial charge in [0.2, 0.25) is 0 Å². The fourth-order valence-electron chi connectivity index (χ4n) is 3.42. The molecule has 23 heavy (non-hydrogen) atoms. The Morgan fingerprint density at radius 3 is 2.83 bits per heavy atom. The van der Waals surface area contributed by atoms with E-state index in [9.17, 15) is 8.42 Å². The minimum atomic E-state index is -3.35. The predicted molar refractivity (Wildman–Crippen MR) is 88.3 cm³/mol. The molecule has 2 fully saturated rings. The van der Waals surface area contributed by atoms with Crippen LogP contribution in [0.2, 0.25) is 0 Å². The van der Waals surface area contributed by atoms with Crippen molar-refractivity contribution in [2.45, 2.75) is 38.6 Å². The second-order valence-corrected chi connectivity index (χ2v) is 8.15. The maximum atomic E-state index is 12.9. The van der Waals surface area contributed by atoms with E-state index in [1.54, 1.807) is 8.61 Å². The lowest BCUT2D eigenvalue weighted by Gasteiger charge is -2.33.